The Morgan fingerprint density at radius 3 is 2.41 bits per heavy atom. The van der Waals surface area contributed by atoms with Crippen LogP contribution in [0.5, 0.6) is 0 Å². The van der Waals surface area contributed by atoms with Crippen LogP contribution in [-0.4, -0.2) is 18.0 Å². The molecular weight excluding hydrogens is 225 g/mol. The number of hydrogen-bond donors (Lipinski definition) is 3. The summed E-state index contributed by atoms with van der Waals surface area (Å²) in [4.78, 5) is 22.5. The summed E-state index contributed by atoms with van der Waals surface area (Å²) in [5.74, 6) is -2.12. The number of amides is 2. The molecule has 1 aromatic carbocycles. The van der Waals surface area contributed by atoms with Crippen molar-refractivity contribution in [2.24, 2.45) is 5.73 Å². The molecule has 17 heavy (non-hydrogen) atoms. The fourth-order valence-electron chi connectivity index (χ4n) is 1.08. The average molecular weight is 237 g/mol. The number of rotatable bonds is 4. The van der Waals surface area contributed by atoms with Gasteiger partial charge in [0, 0.05) is 13.3 Å². The number of allylic oxidation sites excluding steroid dienone is 1. The van der Waals surface area contributed by atoms with Crippen molar-refractivity contribution < 1.29 is 15.4 Å². The molecule has 0 saturated heterocycles. The van der Waals surface area contributed by atoms with Crippen LogP contribution in [0.1, 0.15) is 1.43 Å². The summed E-state index contributed by atoms with van der Waals surface area (Å²) >= 11 is 0. The number of primary amides is 1. The smallest absolute Gasteiger partial charge is 0.261 e. The highest BCUT2D eigenvalue weighted by molar-refractivity contribution is 6.23. The number of carbonyl (C=O) groups excluding carboxylic acids is 2. The molecule has 4 N–H and O–H groups in total. The number of hydrogen-bond acceptors (Lipinski definition) is 3. The van der Waals surface area contributed by atoms with E-state index < -0.39 is 17.6 Å². The normalized spacial score (nSPS) is 10.8. The first-order valence-corrected chi connectivity index (χ1v) is 4.62. The van der Waals surface area contributed by atoms with E-state index >= 15 is 0 Å². The van der Waals surface area contributed by atoms with Gasteiger partial charge in [0.15, 0.2) is 0 Å². The van der Waals surface area contributed by atoms with Crippen LogP contribution < -0.4 is 11.1 Å². The summed E-state index contributed by atoms with van der Waals surface area (Å²) in [5, 5.41) is 9.15. The fourth-order valence-corrected chi connectivity index (χ4v) is 1.08. The number of anilines is 1. The van der Waals surface area contributed by atoms with Crippen LogP contribution in [0.4, 0.5) is 10.1 Å². The van der Waals surface area contributed by atoms with E-state index in [9.17, 15) is 14.0 Å². The van der Waals surface area contributed by atoms with Crippen molar-refractivity contribution in [3.63, 3.8) is 0 Å². The SMILES string of the molecule is N=C/C=C(/C(N)=O)C(=O)Nc1ccc(F)cc1.[HH]. The predicted molar refractivity (Wildman–Crippen MR) is 63.2 cm³/mol. The molecular formula is C11H12FN3O2. The van der Waals surface area contributed by atoms with E-state index in [2.05, 4.69) is 5.32 Å². The maximum Gasteiger partial charge on any atom is 0.261 e. The van der Waals surface area contributed by atoms with Crippen molar-refractivity contribution in [2.45, 2.75) is 0 Å². The number of benzene rings is 1. The Balaban J connectivity index is 0.00000289. The first-order chi connectivity index (χ1) is 8.04. The number of halogens is 1. The Morgan fingerprint density at radius 2 is 1.94 bits per heavy atom. The monoisotopic (exact) mass is 237 g/mol. The van der Waals surface area contributed by atoms with E-state index in [-0.39, 0.29) is 7.00 Å². The van der Waals surface area contributed by atoms with E-state index in [0.29, 0.717) is 5.69 Å². The van der Waals surface area contributed by atoms with Crippen molar-refractivity contribution in [3.8, 4) is 0 Å². The maximum atomic E-state index is 12.6. The third-order valence-electron chi connectivity index (χ3n) is 1.86. The topological polar surface area (TPSA) is 96.0 Å². The van der Waals surface area contributed by atoms with E-state index in [1.165, 1.54) is 24.3 Å². The highest BCUT2D eigenvalue weighted by Crippen LogP contribution is 2.09. The Labute approximate surface area is 98.1 Å². The Bertz CT molecular complexity index is 486. The third-order valence-corrected chi connectivity index (χ3v) is 1.86. The lowest BCUT2D eigenvalue weighted by Gasteiger charge is -2.05. The molecule has 0 aliphatic carbocycles. The van der Waals surface area contributed by atoms with Gasteiger partial charge >= 0.3 is 0 Å². The molecule has 0 fully saturated rings. The zero-order chi connectivity index (χ0) is 12.8. The minimum absolute atomic E-state index is 0. The molecule has 5 nitrogen and oxygen atoms in total. The Hall–Kier alpha value is -2.50. The van der Waals surface area contributed by atoms with Crippen molar-refractivity contribution in [2.75, 3.05) is 5.32 Å². The zero-order valence-electron chi connectivity index (χ0n) is 8.74. The molecule has 0 bridgehead atoms. The number of nitrogens with one attached hydrogen (secondary N) is 2. The summed E-state index contributed by atoms with van der Waals surface area (Å²) < 4.78 is 12.6. The largest absolute Gasteiger partial charge is 0.365 e. The summed E-state index contributed by atoms with van der Waals surface area (Å²) in [7, 11) is 0. The van der Waals surface area contributed by atoms with Gasteiger partial charge in [0.25, 0.3) is 11.8 Å². The van der Waals surface area contributed by atoms with Gasteiger partial charge in [-0.15, -0.1) is 0 Å². The minimum Gasteiger partial charge on any atom is -0.365 e. The molecule has 0 atom stereocenters. The predicted octanol–water partition coefficient (Wildman–Crippen LogP) is 1.07. The van der Waals surface area contributed by atoms with E-state index in [1.807, 2.05) is 0 Å². The fraction of sp³-hybridized carbons (Fsp3) is 0. The van der Waals surface area contributed by atoms with Gasteiger partial charge in [0.2, 0.25) is 0 Å². The molecule has 6 heteroatoms. The first-order valence-electron chi connectivity index (χ1n) is 4.62. The van der Waals surface area contributed by atoms with E-state index in [0.717, 1.165) is 12.3 Å². The minimum atomic E-state index is -0.937. The molecule has 0 aliphatic rings. The molecule has 0 radical (unpaired) electrons. The quantitative estimate of drug-likeness (QED) is 0.316. The average Bonchev–Trinajstić information content (AvgIpc) is 2.28. The first kappa shape index (κ1) is 12.6. The van der Waals surface area contributed by atoms with Gasteiger partial charge in [-0.25, -0.2) is 4.39 Å². The van der Waals surface area contributed by atoms with Crippen molar-refractivity contribution in [3.05, 3.63) is 41.7 Å². The lowest BCUT2D eigenvalue weighted by Crippen LogP contribution is -2.25. The molecule has 0 spiro atoms. The molecule has 90 valence electrons. The maximum absolute atomic E-state index is 12.6. The van der Waals surface area contributed by atoms with Crippen LogP contribution in [0, 0.1) is 11.2 Å². The van der Waals surface area contributed by atoms with Crippen LogP contribution in [0.3, 0.4) is 0 Å². The molecule has 1 aromatic rings. The zero-order valence-corrected chi connectivity index (χ0v) is 8.74. The number of nitrogens with two attached hydrogens (primary N) is 1. The molecule has 0 saturated carbocycles. The van der Waals surface area contributed by atoms with E-state index in [4.69, 9.17) is 11.1 Å². The lowest BCUT2D eigenvalue weighted by molar-refractivity contribution is -0.119. The Morgan fingerprint density at radius 1 is 1.35 bits per heavy atom. The van der Waals surface area contributed by atoms with Gasteiger partial charge in [0.1, 0.15) is 11.4 Å². The van der Waals surface area contributed by atoms with Crippen LogP contribution >= 0.6 is 0 Å². The van der Waals surface area contributed by atoms with Crippen LogP contribution in [0.2, 0.25) is 0 Å². The molecule has 0 heterocycles. The van der Waals surface area contributed by atoms with Gasteiger partial charge in [0.05, 0.1) is 0 Å². The standard InChI is InChI=1S/C11H10FN3O2.H2/c12-7-1-3-8(4-2-7)15-11(17)9(5-6-13)10(14)16;/h1-6,13H,(H2,14,16)(H,15,17);1H/b9-5-,13-6?;. The summed E-state index contributed by atoms with van der Waals surface area (Å²) in [6.45, 7) is 0. The molecule has 0 unspecified atom stereocenters. The second-order valence-corrected chi connectivity index (χ2v) is 3.07. The second-order valence-electron chi connectivity index (χ2n) is 3.07. The highest BCUT2D eigenvalue weighted by Gasteiger charge is 2.14. The van der Waals surface area contributed by atoms with Gasteiger partial charge < -0.3 is 16.5 Å². The third kappa shape index (κ3) is 3.53. The van der Waals surface area contributed by atoms with E-state index in [1.54, 1.807) is 0 Å². The molecule has 0 aliphatic heterocycles. The van der Waals surface area contributed by atoms with Crippen molar-refractivity contribution in [1.82, 2.24) is 0 Å². The summed E-state index contributed by atoms with van der Waals surface area (Å²) in [5.41, 5.74) is 4.95. The molecule has 1 rings (SSSR count). The lowest BCUT2D eigenvalue weighted by atomic mass is 10.2. The summed E-state index contributed by atoms with van der Waals surface area (Å²) in [6.07, 6.45) is 1.77. The van der Waals surface area contributed by atoms with Gasteiger partial charge in [-0.1, -0.05) is 0 Å². The van der Waals surface area contributed by atoms with Crippen LogP contribution in [-0.2, 0) is 9.59 Å². The van der Waals surface area contributed by atoms with Gasteiger partial charge in [-0.2, -0.15) is 0 Å². The van der Waals surface area contributed by atoms with Gasteiger partial charge in [-0.3, -0.25) is 9.59 Å². The summed E-state index contributed by atoms with van der Waals surface area (Å²) in [6, 6.07) is 5.02. The van der Waals surface area contributed by atoms with Crippen LogP contribution in [0.15, 0.2) is 35.9 Å². The van der Waals surface area contributed by atoms with Crippen molar-refractivity contribution in [1.29, 1.82) is 5.41 Å². The second kappa shape index (κ2) is 5.55. The Kier molecular flexibility index (Phi) is 4.10. The number of carbonyl (C=O) groups is 2. The van der Waals surface area contributed by atoms with Crippen LogP contribution in [0.25, 0.3) is 0 Å². The molecule has 2 amide bonds. The molecule has 0 aromatic heterocycles. The van der Waals surface area contributed by atoms with Crippen molar-refractivity contribution >= 4 is 23.7 Å². The van der Waals surface area contributed by atoms with Gasteiger partial charge in [-0.05, 0) is 30.3 Å². The highest BCUT2D eigenvalue weighted by atomic mass is 19.1.